The van der Waals surface area contributed by atoms with Crippen molar-refractivity contribution in [2.75, 3.05) is 0 Å². The molecule has 0 saturated heterocycles. The van der Waals surface area contributed by atoms with E-state index in [2.05, 4.69) is 62.6 Å². The van der Waals surface area contributed by atoms with Gasteiger partial charge in [0.15, 0.2) is 0 Å². The predicted molar refractivity (Wildman–Crippen MR) is 150 cm³/mol. The van der Waals surface area contributed by atoms with Crippen LogP contribution in [0.1, 0.15) is 79.1 Å². The normalized spacial score (nSPS) is 21.5. The molecule has 0 radical (unpaired) electrons. The van der Waals surface area contributed by atoms with E-state index >= 15 is 0 Å². The van der Waals surface area contributed by atoms with Gasteiger partial charge in [-0.3, -0.25) is 0 Å². The lowest BCUT2D eigenvalue weighted by atomic mass is 10.0. The van der Waals surface area contributed by atoms with Crippen molar-refractivity contribution in [1.82, 2.24) is 0 Å². The van der Waals surface area contributed by atoms with Crippen LogP contribution in [0.4, 0.5) is 0 Å². The molecule has 0 N–H and O–H groups in total. The van der Waals surface area contributed by atoms with Gasteiger partial charge < -0.3 is 0 Å². The number of rotatable bonds is 6. The minimum atomic E-state index is -0.649. The van der Waals surface area contributed by atoms with Crippen LogP contribution >= 0.6 is 23.2 Å². The molecule has 0 bridgehead atoms. The minimum absolute atomic E-state index is 0.181. The summed E-state index contributed by atoms with van der Waals surface area (Å²) >= 11 is 11.6. The van der Waals surface area contributed by atoms with Gasteiger partial charge in [0.1, 0.15) is 4.33 Å². The quantitative estimate of drug-likeness (QED) is 0.265. The molecule has 2 aliphatic rings. The fourth-order valence-electron chi connectivity index (χ4n) is 3.13. The molecule has 0 aliphatic heterocycles. The summed E-state index contributed by atoms with van der Waals surface area (Å²) in [5.41, 5.74) is 3.80. The van der Waals surface area contributed by atoms with Gasteiger partial charge in [0, 0.05) is 5.92 Å². The molecule has 0 aromatic heterocycles. The van der Waals surface area contributed by atoms with Crippen molar-refractivity contribution in [3.8, 4) is 0 Å². The van der Waals surface area contributed by atoms with Crippen LogP contribution in [0.3, 0.4) is 0 Å². The lowest BCUT2D eigenvalue weighted by Gasteiger charge is -2.17. The van der Waals surface area contributed by atoms with Gasteiger partial charge in [-0.05, 0) is 44.6 Å². The molecule has 0 fully saturated rings. The number of unbranched alkanes of at least 4 members (excludes halogenated alkanes) is 3. The molecule has 0 unspecified atom stereocenters. The summed E-state index contributed by atoms with van der Waals surface area (Å²) in [6.45, 7) is 16.3. The van der Waals surface area contributed by atoms with E-state index < -0.39 is 4.33 Å². The molecule has 0 aromatic carbocycles. The van der Waals surface area contributed by atoms with E-state index in [0.717, 1.165) is 31.3 Å². The molecule has 178 valence electrons. The van der Waals surface area contributed by atoms with Crippen LogP contribution in [0.15, 0.2) is 96.7 Å². The molecule has 0 amide bonds. The molecule has 2 heteroatoms. The van der Waals surface area contributed by atoms with Gasteiger partial charge in [0.05, 0.1) is 0 Å². The summed E-state index contributed by atoms with van der Waals surface area (Å²) in [5, 5.41) is 0. The molecule has 2 aliphatic carbocycles. The number of alkyl halides is 2. The lowest BCUT2D eigenvalue weighted by Crippen LogP contribution is -2.15. The summed E-state index contributed by atoms with van der Waals surface area (Å²) in [5.74, 6) is 0.181. The van der Waals surface area contributed by atoms with Gasteiger partial charge >= 0.3 is 0 Å². The van der Waals surface area contributed by atoms with E-state index in [-0.39, 0.29) is 5.92 Å². The zero-order valence-electron chi connectivity index (χ0n) is 20.8. The van der Waals surface area contributed by atoms with Crippen LogP contribution in [0, 0.1) is 5.92 Å². The molecule has 0 nitrogen and oxygen atoms in total. The maximum atomic E-state index is 5.80. The molecule has 0 aromatic rings. The van der Waals surface area contributed by atoms with Gasteiger partial charge in [-0.1, -0.05) is 131 Å². The molecule has 0 spiro atoms. The summed E-state index contributed by atoms with van der Waals surface area (Å²) < 4.78 is -0.649. The molecular formula is C30H44Cl2. The fraction of sp³-hybridized carbons (Fsp3) is 0.467. The average molecular weight is 476 g/mol. The number of hydrogen-bond acceptors (Lipinski definition) is 0. The number of hydrogen-bond donors (Lipinski definition) is 0. The smallest absolute Gasteiger partial charge is 0.101 e. The SMILES string of the molecule is C=C1/C=C\C=C/CCC(=C)/C=C(CCCCCC)\C=C/C1.CC.CC(Cl)(Cl)C1C=CC=C1. The molecule has 0 atom stereocenters. The van der Waals surface area contributed by atoms with E-state index in [1.54, 1.807) is 6.92 Å². The molecule has 0 heterocycles. The predicted octanol–water partition coefficient (Wildman–Crippen LogP) is 10.8. The van der Waals surface area contributed by atoms with E-state index in [4.69, 9.17) is 23.2 Å². The number of allylic oxidation sites excluding steroid dienone is 14. The van der Waals surface area contributed by atoms with Crippen LogP contribution in [0.5, 0.6) is 0 Å². The first kappa shape index (κ1) is 30.5. The van der Waals surface area contributed by atoms with Gasteiger partial charge in [-0.15, -0.1) is 23.2 Å². The van der Waals surface area contributed by atoms with Crippen LogP contribution in [-0.2, 0) is 0 Å². The van der Waals surface area contributed by atoms with E-state index in [1.807, 2.05) is 38.2 Å². The highest BCUT2D eigenvalue weighted by molar-refractivity contribution is 6.48. The number of halogens is 2. The van der Waals surface area contributed by atoms with Gasteiger partial charge in [0.2, 0.25) is 0 Å². The zero-order chi connectivity index (χ0) is 24.2. The summed E-state index contributed by atoms with van der Waals surface area (Å²) in [6.07, 6.45) is 32.5. The first-order chi connectivity index (χ1) is 15.3. The average Bonchev–Trinajstić information content (AvgIpc) is 3.31. The van der Waals surface area contributed by atoms with E-state index in [9.17, 15) is 0 Å². The maximum Gasteiger partial charge on any atom is 0.125 e. The van der Waals surface area contributed by atoms with E-state index in [1.165, 1.54) is 36.8 Å². The van der Waals surface area contributed by atoms with Crippen molar-refractivity contribution in [2.45, 2.75) is 83.4 Å². The standard InChI is InChI=1S/C21H30.C7H8Cl2.C2H6/c1-4-5-6-11-16-21-17-12-15-19(2)13-9-7-8-10-14-20(3)18-21;1-7(8,9)6-4-2-3-5-6;1-2/h7-9,12-13,17-18H,2-6,10-11,14-16H2,1H3;2-6H,1H3;1-2H3/b8-7-,13-9-,17-12-,21-18-;;. The summed E-state index contributed by atoms with van der Waals surface area (Å²) in [4.78, 5) is 0. The molecular weight excluding hydrogens is 431 g/mol. The largest absolute Gasteiger partial charge is 0.125 e. The Morgan fingerprint density at radius 3 is 2.19 bits per heavy atom. The first-order valence-corrected chi connectivity index (χ1v) is 12.9. The summed E-state index contributed by atoms with van der Waals surface area (Å²) in [6, 6.07) is 0. The highest BCUT2D eigenvalue weighted by Crippen LogP contribution is 2.33. The monoisotopic (exact) mass is 474 g/mol. The Morgan fingerprint density at radius 1 is 0.906 bits per heavy atom. The Morgan fingerprint density at radius 2 is 1.59 bits per heavy atom. The lowest BCUT2D eigenvalue weighted by molar-refractivity contribution is 0.668. The van der Waals surface area contributed by atoms with Gasteiger partial charge in [-0.25, -0.2) is 0 Å². The minimum Gasteiger partial charge on any atom is -0.101 e. The fourth-order valence-corrected chi connectivity index (χ4v) is 3.42. The third-order valence-corrected chi connectivity index (χ3v) is 5.47. The highest BCUT2D eigenvalue weighted by Gasteiger charge is 2.26. The van der Waals surface area contributed by atoms with Crippen LogP contribution < -0.4 is 0 Å². The van der Waals surface area contributed by atoms with Gasteiger partial charge in [-0.2, -0.15) is 0 Å². The van der Waals surface area contributed by atoms with Crippen LogP contribution in [-0.4, -0.2) is 4.33 Å². The van der Waals surface area contributed by atoms with Crippen LogP contribution in [0.2, 0.25) is 0 Å². The van der Waals surface area contributed by atoms with Crippen molar-refractivity contribution >= 4 is 23.2 Å². The zero-order valence-corrected chi connectivity index (χ0v) is 22.3. The summed E-state index contributed by atoms with van der Waals surface area (Å²) in [7, 11) is 0. The second-order valence-electron chi connectivity index (χ2n) is 8.03. The van der Waals surface area contributed by atoms with Crippen molar-refractivity contribution in [3.63, 3.8) is 0 Å². The maximum absolute atomic E-state index is 5.80. The second kappa shape index (κ2) is 19.0. The van der Waals surface area contributed by atoms with Gasteiger partial charge in [0.25, 0.3) is 0 Å². The van der Waals surface area contributed by atoms with Crippen molar-refractivity contribution in [3.05, 3.63) is 96.7 Å². The Hall–Kier alpha value is -1.50. The Balaban J connectivity index is 0.000000723. The van der Waals surface area contributed by atoms with E-state index in [0.29, 0.717) is 0 Å². The Kier molecular flexibility index (Phi) is 18.1. The third kappa shape index (κ3) is 16.2. The third-order valence-electron chi connectivity index (χ3n) is 4.97. The second-order valence-corrected chi connectivity index (χ2v) is 9.79. The topological polar surface area (TPSA) is 0 Å². The Labute approximate surface area is 208 Å². The first-order valence-electron chi connectivity index (χ1n) is 12.1. The molecule has 0 saturated carbocycles. The van der Waals surface area contributed by atoms with Crippen LogP contribution in [0.25, 0.3) is 0 Å². The molecule has 32 heavy (non-hydrogen) atoms. The highest BCUT2D eigenvalue weighted by atomic mass is 35.5. The van der Waals surface area contributed by atoms with Crippen molar-refractivity contribution < 1.29 is 0 Å². The molecule has 2 rings (SSSR count). The van der Waals surface area contributed by atoms with Crippen molar-refractivity contribution in [2.24, 2.45) is 5.92 Å². The Bertz CT molecular complexity index is 694. The van der Waals surface area contributed by atoms with Crippen molar-refractivity contribution in [1.29, 1.82) is 0 Å².